The van der Waals surface area contributed by atoms with E-state index < -0.39 is 0 Å². The van der Waals surface area contributed by atoms with Crippen molar-refractivity contribution in [3.63, 3.8) is 0 Å². The van der Waals surface area contributed by atoms with Crippen molar-refractivity contribution in [3.8, 4) is 11.3 Å². The van der Waals surface area contributed by atoms with Gasteiger partial charge in [0.15, 0.2) is 0 Å². The van der Waals surface area contributed by atoms with Gasteiger partial charge in [0.2, 0.25) is 5.95 Å². The Morgan fingerprint density at radius 1 is 1.04 bits per heavy atom. The topological polar surface area (TPSA) is 53.9 Å². The average Bonchev–Trinajstić information content (AvgIpc) is 3.18. The van der Waals surface area contributed by atoms with Gasteiger partial charge in [-0.15, -0.1) is 5.10 Å². The monoisotopic (exact) mass is 355 g/mol. The third kappa shape index (κ3) is 3.56. The maximum absolute atomic E-state index is 14.0. The smallest absolute Gasteiger partial charge is 0.243 e. The minimum absolute atomic E-state index is 0.206. The molecule has 0 bridgehead atoms. The van der Waals surface area contributed by atoms with E-state index in [-0.39, 0.29) is 11.4 Å². The zero-order valence-corrected chi connectivity index (χ0v) is 15.1. The van der Waals surface area contributed by atoms with E-state index in [0.29, 0.717) is 17.2 Å². The maximum atomic E-state index is 14.0. The highest BCUT2D eigenvalue weighted by Gasteiger charge is 2.39. The third-order valence-electron chi connectivity index (χ3n) is 5.85. The minimum atomic E-state index is -0.292. The Labute approximate surface area is 154 Å². The molecule has 4 rings (SSSR count). The molecule has 1 aliphatic carbocycles. The number of hydrogen-bond donors (Lipinski definition) is 1. The number of likely N-dealkylation sites (tertiary alicyclic amines) is 1. The van der Waals surface area contributed by atoms with Gasteiger partial charge in [0.1, 0.15) is 5.82 Å². The lowest BCUT2D eigenvalue weighted by atomic mass is 9.92. The Morgan fingerprint density at radius 2 is 1.81 bits per heavy atom. The van der Waals surface area contributed by atoms with Crippen molar-refractivity contribution in [1.29, 1.82) is 0 Å². The average molecular weight is 355 g/mol. The van der Waals surface area contributed by atoms with Crippen molar-refractivity contribution in [2.75, 3.05) is 25.0 Å². The Balaban J connectivity index is 1.50. The molecular formula is C20H26FN5. The molecule has 1 saturated carbocycles. The van der Waals surface area contributed by atoms with E-state index >= 15 is 0 Å². The summed E-state index contributed by atoms with van der Waals surface area (Å²) in [5.41, 5.74) is 1.17. The molecule has 0 atom stereocenters. The molecule has 1 aromatic heterocycles. The number of anilines is 1. The maximum Gasteiger partial charge on any atom is 0.243 e. The predicted octanol–water partition coefficient (Wildman–Crippen LogP) is 3.89. The van der Waals surface area contributed by atoms with Crippen LogP contribution in [0.4, 0.5) is 10.3 Å². The fourth-order valence-corrected chi connectivity index (χ4v) is 4.43. The molecule has 6 heteroatoms. The highest BCUT2D eigenvalue weighted by molar-refractivity contribution is 5.59. The van der Waals surface area contributed by atoms with E-state index in [1.54, 1.807) is 18.2 Å². The van der Waals surface area contributed by atoms with E-state index in [4.69, 9.17) is 0 Å². The quantitative estimate of drug-likeness (QED) is 0.882. The molecular weight excluding hydrogens is 329 g/mol. The number of benzene rings is 1. The summed E-state index contributed by atoms with van der Waals surface area (Å²) in [5.74, 6) is 0.188. The van der Waals surface area contributed by atoms with Crippen LogP contribution in [0, 0.1) is 5.82 Å². The number of nitrogens with one attached hydrogen (secondary N) is 1. The second-order valence-corrected chi connectivity index (χ2v) is 7.48. The summed E-state index contributed by atoms with van der Waals surface area (Å²) >= 11 is 0. The Morgan fingerprint density at radius 3 is 2.58 bits per heavy atom. The second-order valence-electron chi connectivity index (χ2n) is 7.48. The van der Waals surface area contributed by atoms with Gasteiger partial charge in [-0.05, 0) is 50.9 Å². The van der Waals surface area contributed by atoms with Gasteiger partial charge in [-0.1, -0.05) is 31.4 Å². The van der Waals surface area contributed by atoms with Crippen LogP contribution in [0.15, 0.2) is 30.5 Å². The minimum Gasteiger partial charge on any atom is -0.351 e. The van der Waals surface area contributed by atoms with Gasteiger partial charge in [-0.3, -0.25) is 4.90 Å². The van der Waals surface area contributed by atoms with Crippen LogP contribution in [0.3, 0.4) is 0 Å². The first-order valence-corrected chi connectivity index (χ1v) is 9.70. The molecule has 1 saturated heterocycles. The highest BCUT2D eigenvalue weighted by atomic mass is 19.1. The Hall–Kier alpha value is -2.08. The molecule has 2 aromatic rings. The summed E-state index contributed by atoms with van der Waals surface area (Å²) in [6.07, 6.45) is 10.5. The fourth-order valence-electron chi connectivity index (χ4n) is 4.43. The first-order valence-electron chi connectivity index (χ1n) is 9.70. The van der Waals surface area contributed by atoms with Crippen molar-refractivity contribution in [2.45, 2.75) is 50.5 Å². The molecule has 1 aromatic carbocycles. The fraction of sp³-hybridized carbons (Fsp3) is 0.550. The molecule has 0 spiro atoms. The van der Waals surface area contributed by atoms with E-state index in [1.807, 2.05) is 0 Å². The first kappa shape index (κ1) is 17.3. The SMILES string of the molecule is Fc1ccccc1-c1cnnc(NCC2(N3CCCCC3)CCCC2)n1. The van der Waals surface area contributed by atoms with E-state index in [2.05, 4.69) is 25.4 Å². The number of piperidine rings is 1. The summed E-state index contributed by atoms with van der Waals surface area (Å²) in [6, 6.07) is 6.64. The summed E-state index contributed by atoms with van der Waals surface area (Å²) < 4.78 is 14.0. The van der Waals surface area contributed by atoms with Gasteiger partial charge < -0.3 is 5.32 Å². The lowest BCUT2D eigenvalue weighted by Gasteiger charge is -2.43. The van der Waals surface area contributed by atoms with Crippen LogP contribution in [-0.2, 0) is 0 Å². The number of halogens is 1. The van der Waals surface area contributed by atoms with E-state index in [9.17, 15) is 4.39 Å². The van der Waals surface area contributed by atoms with Gasteiger partial charge in [0.25, 0.3) is 0 Å². The Kier molecular flexibility index (Phi) is 5.11. The van der Waals surface area contributed by atoms with Crippen molar-refractivity contribution >= 4 is 5.95 Å². The largest absolute Gasteiger partial charge is 0.351 e. The number of rotatable bonds is 5. The van der Waals surface area contributed by atoms with Crippen molar-refractivity contribution in [1.82, 2.24) is 20.1 Å². The van der Waals surface area contributed by atoms with Crippen LogP contribution >= 0.6 is 0 Å². The lowest BCUT2D eigenvalue weighted by Crippen LogP contribution is -2.53. The highest BCUT2D eigenvalue weighted by Crippen LogP contribution is 2.37. The van der Waals surface area contributed by atoms with Crippen molar-refractivity contribution in [2.24, 2.45) is 0 Å². The van der Waals surface area contributed by atoms with Crippen molar-refractivity contribution in [3.05, 3.63) is 36.3 Å². The van der Waals surface area contributed by atoms with Gasteiger partial charge in [0, 0.05) is 17.6 Å². The molecule has 2 aliphatic rings. The van der Waals surface area contributed by atoms with Crippen LogP contribution in [0.2, 0.25) is 0 Å². The lowest BCUT2D eigenvalue weighted by molar-refractivity contribution is 0.0807. The molecule has 1 aliphatic heterocycles. The molecule has 2 fully saturated rings. The molecule has 138 valence electrons. The van der Waals surface area contributed by atoms with Crippen LogP contribution in [0.25, 0.3) is 11.3 Å². The van der Waals surface area contributed by atoms with Gasteiger partial charge in [-0.2, -0.15) is 5.10 Å². The zero-order chi connectivity index (χ0) is 17.8. The predicted molar refractivity (Wildman–Crippen MR) is 100 cm³/mol. The molecule has 2 heterocycles. The van der Waals surface area contributed by atoms with Crippen LogP contribution in [-0.4, -0.2) is 45.3 Å². The second kappa shape index (κ2) is 7.66. The number of aromatic nitrogens is 3. The Bertz CT molecular complexity index is 738. The zero-order valence-electron chi connectivity index (χ0n) is 15.1. The number of nitrogens with zero attached hydrogens (tertiary/aromatic N) is 4. The molecule has 1 N–H and O–H groups in total. The standard InChI is InChI=1S/C20H26FN5/c21-17-9-3-2-8-16(17)18-14-23-25-19(24-18)22-15-20(10-4-5-11-20)26-12-6-1-7-13-26/h2-3,8-9,14H,1,4-7,10-13,15H2,(H,22,24,25). The molecule has 0 unspecified atom stereocenters. The van der Waals surface area contributed by atoms with Crippen LogP contribution < -0.4 is 5.32 Å². The summed E-state index contributed by atoms with van der Waals surface area (Å²) in [7, 11) is 0. The molecule has 0 radical (unpaired) electrons. The van der Waals surface area contributed by atoms with Gasteiger partial charge in [-0.25, -0.2) is 9.37 Å². The van der Waals surface area contributed by atoms with Crippen LogP contribution in [0.1, 0.15) is 44.9 Å². The van der Waals surface area contributed by atoms with E-state index in [1.165, 1.54) is 70.3 Å². The van der Waals surface area contributed by atoms with Gasteiger partial charge in [0.05, 0.1) is 11.9 Å². The summed E-state index contributed by atoms with van der Waals surface area (Å²) in [5, 5.41) is 11.6. The summed E-state index contributed by atoms with van der Waals surface area (Å²) in [6.45, 7) is 3.21. The van der Waals surface area contributed by atoms with Crippen molar-refractivity contribution < 1.29 is 4.39 Å². The third-order valence-corrected chi connectivity index (χ3v) is 5.85. The van der Waals surface area contributed by atoms with Gasteiger partial charge >= 0.3 is 0 Å². The first-order chi connectivity index (χ1) is 12.8. The summed E-state index contributed by atoms with van der Waals surface area (Å²) in [4.78, 5) is 7.17. The van der Waals surface area contributed by atoms with E-state index in [0.717, 1.165) is 6.54 Å². The normalized spacial score (nSPS) is 20.2. The molecule has 5 nitrogen and oxygen atoms in total. The molecule has 0 amide bonds. The number of hydrogen-bond acceptors (Lipinski definition) is 5. The van der Waals surface area contributed by atoms with Crippen LogP contribution in [0.5, 0.6) is 0 Å². The molecule has 26 heavy (non-hydrogen) atoms.